The van der Waals surface area contributed by atoms with Crippen LogP contribution in [0.25, 0.3) is 0 Å². The summed E-state index contributed by atoms with van der Waals surface area (Å²) < 4.78 is 11.1. The molecule has 0 radical (unpaired) electrons. The van der Waals surface area contributed by atoms with E-state index in [9.17, 15) is 9.59 Å². The average Bonchev–Trinajstić information content (AvgIpc) is 2.97. The van der Waals surface area contributed by atoms with Crippen LogP contribution in [-0.4, -0.2) is 48.2 Å². The molecule has 0 aromatic carbocycles. The van der Waals surface area contributed by atoms with Crippen molar-refractivity contribution in [3.05, 3.63) is 22.4 Å². The maximum Gasteiger partial charge on any atom is 0.410 e. The van der Waals surface area contributed by atoms with Crippen molar-refractivity contribution in [2.45, 2.75) is 45.3 Å². The Kier molecular flexibility index (Phi) is 5.58. The largest absolute Gasteiger partial charge is 0.444 e. The molecule has 1 atom stereocenters. The highest BCUT2D eigenvalue weighted by Gasteiger charge is 2.28. The van der Waals surface area contributed by atoms with Gasteiger partial charge >= 0.3 is 6.09 Å². The van der Waals surface area contributed by atoms with Crippen LogP contribution in [0.1, 0.15) is 43.3 Å². The van der Waals surface area contributed by atoms with Crippen LogP contribution in [-0.2, 0) is 9.47 Å². The Bertz CT molecular complexity index is 507. The number of piperidine rings is 1. The zero-order valence-electron chi connectivity index (χ0n) is 13.3. The first-order valence-electron chi connectivity index (χ1n) is 7.51. The van der Waals surface area contributed by atoms with Gasteiger partial charge in [0.25, 0.3) is 0 Å². The van der Waals surface area contributed by atoms with E-state index in [4.69, 9.17) is 9.47 Å². The normalized spacial score (nSPS) is 19.0. The molecule has 2 rings (SSSR count). The lowest BCUT2D eigenvalue weighted by Crippen LogP contribution is -2.45. The quantitative estimate of drug-likeness (QED) is 0.797. The van der Waals surface area contributed by atoms with Crippen LogP contribution in [0.4, 0.5) is 4.79 Å². The molecule has 22 heavy (non-hydrogen) atoms. The van der Waals surface area contributed by atoms with E-state index in [1.54, 1.807) is 11.0 Å². The number of amides is 1. The highest BCUT2D eigenvalue weighted by Crippen LogP contribution is 2.18. The van der Waals surface area contributed by atoms with Gasteiger partial charge in [-0.1, -0.05) is 6.07 Å². The van der Waals surface area contributed by atoms with E-state index >= 15 is 0 Å². The van der Waals surface area contributed by atoms with Crippen molar-refractivity contribution in [1.29, 1.82) is 0 Å². The molecule has 1 aromatic rings. The number of Topliss-reactive ketones (excluding diaryl/α,β-unsaturated/α-hetero) is 1. The molecule has 122 valence electrons. The first-order chi connectivity index (χ1) is 10.3. The number of ether oxygens (including phenoxy) is 2. The topological polar surface area (TPSA) is 55.8 Å². The molecule has 1 saturated heterocycles. The zero-order chi connectivity index (χ0) is 16.2. The SMILES string of the molecule is CC(C)(C)OC(=O)N1CCCC(OCC(=O)c2cccs2)C1. The zero-order valence-corrected chi connectivity index (χ0v) is 14.1. The maximum atomic E-state index is 12.1. The van der Waals surface area contributed by atoms with E-state index < -0.39 is 5.60 Å². The number of thiophene rings is 1. The van der Waals surface area contributed by atoms with Crippen molar-refractivity contribution < 1.29 is 19.1 Å². The van der Waals surface area contributed by atoms with E-state index in [2.05, 4.69) is 0 Å². The molecular weight excluding hydrogens is 302 g/mol. The molecule has 5 nitrogen and oxygen atoms in total. The maximum absolute atomic E-state index is 12.1. The van der Waals surface area contributed by atoms with Gasteiger partial charge in [0.1, 0.15) is 12.2 Å². The van der Waals surface area contributed by atoms with Crippen LogP contribution in [0.15, 0.2) is 17.5 Å². The second kappa shape index (κ2) is 7.24. The minimum atomic E-state index is -0.500. The minimum Gasteiger partial charge on any atom is -0.444 e. The molecular formula is C16H23NO4S. The molecule has 0 spiro atoms. The van der Waals surface area contributed by atoms with Crippen molar-refractivity contribution in [2.24, 2.45) is 0 Å². The van der Waals surface area contributed by atoms with Crippen LogP contribution in [0.2, 0.25) is 0 Å². The number of hydrogen-bond acceptors (Lipinski definition) is 5. The van der Waals surface area contributed by atoms with Crippen LogP contribution >= 0.6 is 11.3 Å². The first kappa shape index (κ1) is 17.0. The third-order valence-electron chi connectivity index (χ3n) is 3.28. The monoisotopic (exact) mass is 325 g/mol. The number of nitrogens with zero attached hydrogens (tertiary/aromatic N) is 1. The Morgan fingerprint density at radius 3 is 2.82 bits per heavy atom. The summed E-state index contributed by atoms with van der Waals surface area (Å²) in [7, 11) is 0. The second-order valence-electron chi connectivity index (χ2n) is 6.40. The Morgan fingerprint density at radius 1 is 1.41 bits per heavy atom. The third kappa shape index (κ3) is 5.10. The van der Waals surface area contributed by atoms with E-state index in [-0.39, 0.29) is 24.6 Å². The molecule has 1 amide bonds. The van der Waals surface area contributed by atoms with Gasteiger partial charge in [-0.3, -0.25) is 4.79 Å². The Balaban J connectivity index is 1.80. The smallest absolute Gasteiger partial charge is 0.410 e. The van der Waals surface area contributed by atoms with E-state index in [1.165, 1.54) is 11.3 Å². The lowest BCUT2D eigenvalue weighted by atomic mass is 10.1. The van der Waals surface area contributed by atoms with Crippen molar-refractivity contribution in [3.63, 3.8) is 0 Å². The number of rotatable bonds is 4. The number of carbonyl (C=O) groups excluding carboxylic acids is 2. The van der Waals surface area contributed by atoms with Crippen molar-refractivity contribution >= 4 is 23.2 Å². The van der Waals surface area contributed by atoms with Gasteiger partial charge < -0.3 is 14.4 Å². The van der Waals surface area contributed by atoms with Gasteiger partial charge in [-0.2, -0.15) is 0 Å². The van der Waals surface area contributed by atoms with E-state index in [1.807, 2.05) is 32.2 Å². The molecule has 0 bridgehead atoms. The lowest BCUT2D eigenvalue weighted by Gasteiger charge is -2.33. The third-order valence-corrected chi connectivity index (χ3v) is 4.19. The van der Waals surface area contributed by atoms with Crippen LogP contribution in [0, 0.1) is 0 Å². The van der Waals surface area contributed by atoms with E-state index in [0.717, 1.165) is 12.8 Å². The predicted octanol–water partition coefficient (Wildman–Crippen LogP) is 3.35. The highest BCUT2D eigenvalue weighted by atomic mass is 32.1. The lowest BCUT2D eigenvalue weighted by molar-refractivity contribution is -0.0162. The molecule has 0 saturated carbocycles. The Hall–Kier alpha value is -1.40. The average molecular weight is 325 g/mol. The molecule has 1 fully saturated rings. The molecule has 1 aliphatic heterocycles. The van der Waals surface area contributed by atoms with Crippen molar-refractivity contribution in [1.82, 2.24) is 4.90 Å². The van der Waals surface area contributed by atoms with Gasteiger partial charge in [0.2, 0.25) is 0 Å². The molecule has 2 heterocycles. The summed E-state index contributed by atoms with van der Waals surface area (Å²) in [5, 5.41) is 1.87. The number of ketones is 1. The van der Waals surface area contributed by atoms with Gasteiger partial charge in [0, 0.05) is 6.54 Å². The fourth-order valence-electron chi connectivity index (χ4n) is 2.27. The summed E-state index contributed by atoms with van der Waals surface area (Å²) in [5.74, 6) is -0.00982. The second-order valence-corrected chi connectivity index (χ2v) is 7.35. The molecule has 1 aliphatic rings. The van der Waals surface area contributed by atoms with Crippen LogP contribution in [0.3, 0.4) is 0 Å². The van der Waals surface area contributed by atoms with Crippen LogP contribution < -0.4 is 0 Å². The summed E-state index contributed by atoms with van der Waals surface area (Å²) in [6, 6.07) is 3.65. The summed E-state index contributed by atoms with van der Waals surface area (Å²) in [6.07, 6.45) is 1.30. The first-order valence-corrected chi connectivity index (χ1v) is 8.39. The van der Waals surface area contributed by atoms with Gasteiger partial charge in [0.15, 0.2) is 5.78 Å². The number of hydrogen-bond donors (Lipinski definition) is 0. The summed E-state index contributed by atoms with van der Waals surface area (Å²) >= 11 is 1.42. The number of carbonyl (C=O) groups is 2. The fraction of sp³-hybridized carbons (Fsp3) is 0.625. The standard InChI is InChI=1S/C16H23NO4S/c1-16(2,3)21-15(19)17-8-4-6-12(10-17)20-11-13(18)14-7-5-9-22-14/h5,7,9,12H,4,6,8,10-11H2,1-3H3. The van der Waals surface area contributed by atoms with Crippen molar-refractivity contribution in [2.75, 3.05) is 19.7 Å². The minimum absolute atomic E-state index is 0.00982. The molecule has 6 heteroatoms. The fourth-order valence-corrected chi connectivity index (χ4v) is 2.92. The van der Waals surface area contributed by atoms with Crippen LogP contribution in [0.5, 0.6) is 0 Å². The summed E-state index contributed by atoms with van der Waals surface area (Å²) in [6.45, 7) is 6.77. The van der Waals surface area contributed by atoms with Gasteiger partial charge in [-0.15, -0.1) is 11.3 Å². The molecule has 1 aromatic heterocycles. The summed E-state index contributed by atoms with van der Waals surface area (Å²) in [5.41, 5.74) is -0.500. The van der Waals surface area contributed by atoms with Gasteiger partial charge in [0.05, 0.1) is 17.5 Å². The molecule has 0 aliphatic carbocycles. The Labute approximate surface area is 135 Å². The Morgan fingerprint density at radius 2 is 2.18 bits per heavy atom. The predicted molar refractivity (Wildman–Crippen MR) is 85.4 cm³/mol. The van der Waals surface area contributed by atoms with Gasteiger partial charge in [-0.05, 0) is 45.1 Å². The number of likely N-dealkylation sites (tertiary alicyclic amines) is 1. The molecule has 1 unspecified atom stereocenters. The van der Waals surface area contributed by atoms with E-state index in [0.29, 0.717) is 18.0 Å². The van der Waals surface area contributed by atoms with Crippen molar-refractivity contribution in [3.8, 4) is 0 Å². The molecule has 0 N–H and O–H groups in total. The summed E-state index contributed by atoms with van der Waals surface area (Å²) in [4.78, 5) is 26.4. The highest BCUT2D eigenvalue weighted by molar-refractivity contribution is 7.12. The van der Waals surface area contributed by atoms with Gasteiger partial charge in [-0.25, -0.2) is 4.79 Å².